The highest BCUT2D eigenvalue weighted by Gasteiger charge is 2.29. The van der Waals surface area contributed by atoms with E-state index < -0.39 is 0 Å². The molecule has 0 bridgehead atoms. The first-order valence-corrected chi connectivity index (χ1v) is 8.62. The minimum absolute atomic E-state index is 0.0603. The lowest BCUT2D eigenvalue weighted by atomic mass is 9.98. The molecule has 2 aliphatic rings. The summed E-state index contributed by atoms with van der Waals surface area (Å²) in [5.41, 5.74) is 7.51. The van der Waals surface area contributed by atoms with Crippen molar-refractivity contribution in [1.29, 1.82) is 0 Å². The Bertz CT molecular complexity index is 736. The van der Waals surface area contributed by atoms with Crippen LogP contribution in [0.25, 0.3) is 11.5 Å². The third-order valence-electron chi connectivity index (χ3n) is 4.94. The average Bonchev–Trinajstić information content (AvgIpc) is 3.32. The van der Waals surface area contributed by atoms with Crippen molar-refractivity contribution in [3.63, 3.8) is 0 Å². The van der Waals surface area contributed by atoms with E-state index in [9.17, 15) is 4.79 Å². The fraction of sp³-hybridized carbons (Fsp3) is 0.500. The molecule has 1 saturated heterocycles. The van der Waals surface area contributed by atoms with Gasteiger partial charge in [0, 0.05) is 35.7 Å². The van der Waals surface area contributed by atoms with Gasteiger partial charge >= 0.3 is 0 Å². The molecule has 1 aliphatic carbocycles. The molecule has 2 fully saturated rings. The molecule has 1 saturated carbocycles. The van der Waals surface area contributed by atoms with Crippen molar-refractivity contribution in [3.8, 4) is 11.5 Å². The van der Waals surface area contributed by atoms with Gasteiger partial charge in [0.1, 0.15) is 0 Å². The Morgan fingerprint density at radius 3 is 2.67 bits per heavy atom. The minimum atomic E-state index is 0.0603. The molecule has 4 rings (SSSR count). The first-order chi connectivity index (χ1) is 11.6. The molecule has 1 amide bonds. The van der Waals surface area contributed by atoms with Crippen molar-refractivity contribution < 1.29 is 9.32 Å². The van der Waals surface area contributed by atoms with Crippen LogP contribution in [0.15, 0.2) is 28.8 Å². The van der Waals surface area contributed by atoms with Crippen LogP contribution in [0.5, 0.6) is 0 Å². The number of piperidine rings is 1. The molecular weight excluding hydrogens is 304 g/mol. The van der Waals surface area contributed by atoms with E-state index in [1.54, 1.807) is 0 Å². The van der Waals surface area contributed by atoms with E-state index in [1.807, 2.05) is 29.2 Å². The molecule has 2 heterocycles. The van der Waals surface area contributed by atoms with E-state index in [1.165, 1.54) is 0 Å². The highest BCUT2D eigenvalue weighted by Crippen LogP contribution is 2.38. The quantitative estimate of drug-likeness (QED) is 0.937. The zero-order valence-corrected chi connectivity index (χ0v) is 13.8. The second-order valence-corrected chi connectivity index (χ2v) is 6.94. The first kappa shape index (κ1) is 15.3. The van der Waals surface area contributed by atoms with Gasteiger partial charge in [-0.1, -0.05) is 5.16 Å². The Hall–Kier alpha value is -2.21. The summed E-state index contributed by atoms with van der Waals surface area (Å²) in [6, 6.07) is 7.79. The van der Waals surface area contributed by atoms with Crippen molar-refractivity contribution in [2.45, 2.75) is 50.6 Å². The summed E-state index contributed by atoms with van der Waals surface area (Å²) in [4.78, 5) is 19.1. The number of hydrogen-bond acceptors (Lipinski definition) is 5. The maximum Gasteiger partial charge on any atom is 0.257 e. The molecule has 126 valence electrons. The Balaban J connectivity index is 1.49. The summed E-state index contributed by atoms with van der Waals surface area (Å²) in [5, 5.41) is 4.03. The number of nitrogens with two attached hydrogens (primary N) is 1. The zero-order chi connectivity index (χ0) is 16.7. The van der Waals surface area contributed by atoms with E-state index in [4.69, 9.17) is 10.3 Å². The largest absolute Gasteiger partial charge is 0.336 e. The van der Waals surface area contributed by atoms with E-state index in [2.05, 4.69) is 17.1 Å². The maximum atomic E-state index is 12.7. The Labute approximate surface area is 141 Å². The summed E-state index contributed by atoms with van der Waals surface area (Å²) < 4.78 is 5.33. The van der Waals surface area contributed by atoms with Crippen LogP contribution in [0.3, 0.4) is 0 Å². The van der Waals surface area contributed by atoms with Gasteiger partial charge in [0.15, 0.2) is 5.82 Å². The van der Waals surface area contributed by atoms with Gasteiger partial charge in [-0.3, -0.25) is 4.79 Å². The molecule has 6 nitrogen and oxygen atoms in total. The molecule has 2 unspecified atom stereocenters. The van der Waals surface area contributed by atoms with Gasteiger partial charge in [-0.15, -0.1) is 0 Å². The Morgan fingerprint density at radius 1 is 1.25 bits per heavy atom. The minimum Gasteiger partial charge on any atom is -0.336 e. The molecule has 2 aromatic rings. The molecule has 2 N–H and O–H groups in total. The molecule has 24 heavy (non-hydrogen) atoms. The van der Waals surface area contributed by atoms with Gasteiger partial charge in [0.05, 0.1) is 0 Å². The van der Waals surface area contributed by atoms with Crippen LogP contribution < -0.4 is 5.73 Å². The molecule has 6 heteroatoms. The predicted octanol–water partition coefficient (Wildman–Crippen LogP) is 2.57. The van der Waals surface area contributed by atoms with E-state index in [-0.39, 0.29) is 18.0 Å². The Morgan fingerprint density at radius 2 is 2.00 bits per heavy atom. The maximum absolute atomic E-state index is 12.7. The summed E-state index contributed by atoms with van der Waals surface area (Å²) in [5.74, 6) is 1.84. The average molecular weight is 326 g/mol. The summed E-state index contributed by atoms with van der Waals surface area (Å²) >= 11 is 0. The van der Waals surface area contributed by atoms with Gasteiger partial charge in [0.2, 0.25) is 0 Å². The fourth-order valence-corrected chi connectivity index (χ4v) is 3.29. The standard InChI is InChI=1S/C18H22N4O2/c1-11-10-15(19)8-9-22(11)18(23)14-6-4-13(5-7-14)17-20-16(21-24-17)12-2-3-12/h4-7,11-12,15H,2-3,8-10,19H2,1H3. The van der Waals surface area contributed by atoms with E-state index >= 15 is 0 Å². The molecule has 1 aromatic heterocycles. The monoisotopic (exact) mass is 326 g/mol. The second kappa shape index (κ2) is 6.02. The second-order valence-electron chi connectivity index (χ2n) is 6.94. The topological polar surface area (TPSA) is 85.2 Å². The van der Waals surface area contributed by atoms with Crippen LogP contribution in [0.2, 0.25) is 0 Å². The van der Waals surface area contributed by atoms with Gasteiger partial charge in [-0.2, -0.15) is 4.98 Å². The van der Waals surface area contributed by atoms with Crippen LogP contribution in [0.4, 0.5) is 0 Å². The number of amides is 1. The van der Waals surface area contributed by atoms with Crippen LogP contribution in [0.1, 0.15) is 54.7 Å². The van der Waals surface area contributed by atoms with Crippen molar-refractivity contribution in [1.82, 2.24) is 15.0 Å². The lowest BCUT2D eigenvalue weighted by Crippen LogP contribution is -2.48. The van der Waals surface area contributed by atoms with Gasteiger partial charge in [0.25, 0.3) is 11.8 Å². The molecule has 0 radical (unpaired) electrons. The smallest absolute Gasteiger partial charge is 0.257 e. The Kier molecular flexibility index (Phi) is 3.84. The lowest BCUT2D eigenvalue weighted by molar-refractivity contribution is 0.0619. The van der Waals surface area contributed by atoms with Crippen LogP contribution in [0, 0.1) is 0 Å². The third kappa shape index (κ3) is 2.94. The first-order valence-electron chi connectivity index (χ1n) is 8.62. The van der Waals surface area contributed by atoms with Crippen molar-refractivity contribution in [2.75, 3.05) is 6.54 Å². The number of carbonyl (C=O) groups is 1. The predicted molar refractivity (Wildman–Crippen MR) is 89.4 cm³/mol. The number of rotatable bonds is 3. The lowest BCUT2D eigenvalue weighted by Gasteiger charge is -2.36. The molecule has 1 aliphatic heterocycles. The number of nitrogens with zero attached hydrogens (tertiary/aromatic N) is 3. The van der Waals surface area contributed by atoms with Crippen molar-refractivity contribution in [2.24, 2.45) is 5.73 Å². The number of benzene rings is 1. The number of likely N-dealkylation sites (tertiary alicyclic amines) is 1. The van der Waals surface area contributed by atoms with Gasteiger partial charge < -0.3 is 15.2 Å². The van der Waals surface area contributed by atoms with E-state index in [0.29, 0.717) is 17.4 Å². The SMILES string of the molecule is CC1CC(N)CCN1C(=O)c1ccc(-c2nc(C3CC3)no2)cc1. The number of carbonyl (C=O) groups excluding carboxylic acids is 1. The molecule has 2 atom stereocenters. The van der Waals surface area contributed by atoms with Gasteiger partial charge in [-0.05, 0) is 56.9 Å². The van der Waals surface area contributed by atoms with Crippen LogP contribution in [-0.2, 0) is 0 Å². The van der Waals surface area contributed by atoms with Crippen LogP contribution >= 0.6 is 0 Å². The summed E-state index contributed by atoms with van der Waals surface area (Å²) in [6.07, 6.45) is 4.00. The van der Waals surface area contributed by atoms with Crippen LogP contribution in [-0.4, -0.2) is 39.6 Å². The van der Waals surface area contributed by atoms with Crippen molar-refractivity contribution in [3.05, 3.63) is 35.7 Å². The fourth-order valence-electron chi connectivity index (χ4n) is 3.29. The number of aromatic nitrogens is 2. The molecular formula is C18H22N4O2. The zero-order valence-electron chi connectivity index (χ0n) is 13.8. The summed E-state index contributed by atoms with van der Waals surface area (Å²) in [6.45, 7) is 2.78. The highest BCUT2D eigenvalue weighted by atomic mass is 16.5. The molecule has 0 spiro atoms. The van der Waals surface area contributed by atoms with Crippen molar-refractivity contribution >= 4 is 5.91 Å². The molecule has 1 aromatic carbocycles. The van der Waals surface area contributed by atoms with Gasteiger partial charge in [-0.25, -0.2) is 0 Å². The van der Waals surface area contributed by atoms with E-state index in [0.717, 1.165) is 43.6 Å². The normalized spacial score (nSPS) is 24.2. The number of hydrogen-bond donors (Lipinski definition) is 1. The third-order valence-corrected chi connectivity index (χ3v) is 4.94. The summed E-state index contributed by atoms with van der Waals surface area (Å²) in [7, 11) is 0. The highest BCUT2D eigenvalue weighted by molar-refractivity contribution is 5.94.